The Balaban J connectivity index is 1.54. The summed E-state index contributed by atoms with van der Waals surface area (Å²) in [7, 11) is 0. The molecule has 0 aromatic heterocycles. The molecule has 0 atom stereocenters. The SMILES string of the molecule is CSc1ccc(C=NN2CCN(c3ccc(C)cc3)CC2)cc1. The normalized spacial score (nSPS) is 15.4. The Hall–Kier alpha value is -1.94. The largest absolute Gasteiger partial charge is 0.368 e. The molecule has 1 aliphatic rings. The molecule has 0 aliphatic carbocycles. The fourth-order valence-corrected chi connectivity index (χ4v) is 3.07. The molecule has 4 heteroatoms. The van der Waals surface area contributed by atoms with E-state index in [1.165, 1.54) is 16.1 Å². The topological polar surface area (TPSA) is 18.8 Å². The van der Waals surface area contributed by atoms with Crippen molar-refractivity contribution in [2.75, 3.05) is 37.3 Å². The van der Waals surface area contributed by atoms with Gasteiger partial charge in [0.05, 0.1) is 19.3 Å². The van der Waals surface area contributed by atoms with Gasteiger partial charge in [0, 0.05) is 23.7 Å². The molecule has 1 saturated heterocycles. The van der Waals surface area contributed by atoms with Crippen LogP contribution in [0.5, 0.6) is 0 Å². The van der Waals surface area contributed by atoms with Crippen molar-refractivity contribution in [1.82, 2.24) is 5.01 Å². The van der Waals surface area contributed by atoms with Crippen LogP contribution in [0.2, 0.25) is 0 Å². The van der Waals surface area contributed by atoms with E-state index in [2.05, 4.69) is 76.7 Å². The number of hydrogen-bond donors (Lipinski definition) is 0. The van der Waals surface area contributed by atoms with Crippen LogP contribution in [0.4, 0.5) is 5.69 Å². The van der Waals surface area contributed by atoms with Gasteiger partial charge >= 0.3 is 0 Å². The molecular weight excluding hydrogens is 302 g/mol. The van der Waals surface area contributed by atoms with Crippen LogP contribution in [0, 0.1) is 6.92 Å². The Morgan fingerprint density at radius 1 is 0.913 bits per heavy atom. The summed E-state index contributed by atoms with van der Waals surface area (Å²) in [5, 5.41) is 6.79. The zero-order valence-corrected chi connectivity index (χ0v) is 14.6. The first-order valence-corrected chi connectivity index (χ1v) is 9.22. The molecular formula is C19H23N3S. The van der Waals surface area contributed by atoms with Gasteiger partial charge in [0.1, 0.15) is 0 Å². The molecule has 0 N–H and O–H groups in total. The van der Waals surface area contributed by atoms with Crippen molar-refractivity contribution < 1.29 is 0 Å². The van der Waals surface area contributed by atoms with E-state index in [4.69, 9.17) is 0 Å². The Bertz CT molecular complexity index is 641. The number of benzene rings is 2. The number of hydrazone groups is 1. The van der Waals surface area contributed by atoms with Gasteiger partial charge in [0.15, 0.2) is 0 Å². The molecule has 0 bridgehead atoms. The molecule has 1 aliphatic heterocycles. The van der Waals surface area contributed by atoms with Crippen molar-refractivity contribution in [2.24, 2.45) is 5.10 Å². The smallest absolute Gasteiger partial charge is 0.0542 e. The first-order chi connectivity index (χ1) is 11.2. The zero-order valence-electron chi connectivity index (χ0n) is 13.8. The predicted molar refractivity (Wildman–Crippen MR) is 101 cm³/mol. The third-order valence-corrected chi connectivity index (χ3v) is 4.88. The van der Waals surface area contributed by atoms with Crippen LogP contribution in [0.1, 0.15) is 11.1 Å². The molecule has 2 aromatic rings. The van der Waals surface area contributed by atoms with Gasteiger partial charge in [0.25, 0.3) is 0 Å². The van der Waals surface area contributed by atoms with Crippen molar-refractivity contribution in [2.45, 2.75) is 11.8 Å². The summed E-state index contributed by atoms with van der Waals surface area (Å²) in [4.78, 5) is 3.72. The maximum atomic E-state index is 4.63. The number of nitrogens with zero attached hydrogens (tertiary/aromatic N) is 3. The zero-order chi connectivity index (χ0) is 16.1. The second-order valence-corrected chi connectivity index (χ2v) is 6.67. The molecule has 23 heavy (non-hydrogen) atoms. The van der Waals surface area contributed by atoms with Gasteiger partial charge in [-0.25, -0.2) is 0 Å². The number of aryl methyl sites for hydroxylation is 1. The van der Waals surface area contributed by atoms with Crippen molar-refractivity contribution in [1.29, 1.82) is 0 Å². The van der Waals surface area contributed by atoms with Crippen LogP contribution in [-0.4, -0.2) is 43.7 Å². The summed E-state index contributed by atoms with van der Waals surface area (Å²) in [5.41, 5.74) is 3.78. The summed E-state index contributed by atoms with van der Waals surface area (Å²) >= 11 is 1.76. The van der Waals surface area contributed by atoms with E-state index in [1.54, 1.807) is 11.8 Å². The molecule has 0 spiro atoms. The third kappa shape index (κ3) is 4.29. The Labute approximate surface area is 143 Å². The van der Waals surface area contributed by atoms with Crippen LogP contribution in [0.25, 0.3) is 0 Å². The summed E-state index contributed by atoms with van der Waals surface area (Å²) in [6.07, 6.45) is 4.06. The number of rotatable bonds is 4. The van der Waals surface area contributed by atoms with Crippen molar-refractivity contribution in [3.63, 3.8) is 0 Å². The second kappa shape index (κ2) is 7.55. The number of piperazine rings is 1. The first-order valence-electron chi connectivity index (χ1n) is 7.99. The van der Waals surface area contributed by atoms with E-state index >= 15 is 0 Å². The number of hydrogen-bond acceptors (Lipinski definition) is 4. The van der Waals surface area contributed by atoms with Crippen LogP contribution in [0.3, 0.4) is 0 Å². The molecule has 1 fully saturated rings. The minimum Gasteiger partial charge on any atom is -0.368 e. The molecule has 0 radical (unpaired) electrons. The minimum atomic E-state index is 0.966. The van der Waals surface area contributed by atoms with Crippen LogP contribution in [0.15, 0.2) is 58.5 Å². The van der Waals surface area contributed by atoms with E-state index < -0.39 is 0 Å². The Morgan fingerprint density at radius 3 is 2.17 bits per heavy atom. The van der Waals surface area contributed by atoms with Crippen molar-refractivity contribution in [3.05, 3.63) is 59.7 Å². The fourth-order valence-electron chi connectivity index (χ4n) is 2.66. The van der Waals surface area contributed by atoms with E-state index in [1.807, 2.05) is 6.21 Å². The van der Waals surface area contributed by atoms with Crippen LogP contribution >= 0.6 is 11.8 Å². The standard InChI is InChI=1S/C19H23N3S/c1-16-3-7-18(8-4-16)21-11-13-22(14-12-21)20-15-17-5-9-19(23-2)10-6-17/h3-10,15H,11-14H2,1-2H3. The molecule has 3 rings (SSSR count). The average molecular weight is 325 g/mol. The van der Waals surface area contributed by atoms with E-state index in [0.29, 0.717) is 0 Å². The number of thioether (sulfide) groups is 1. The lowest BCUT2D eigenvalue weighted by atomic mass is 10.2. The minimum absolute atomic E-state index is 0.966. The van der Waals surface area contributed by atoms with Gasteiger partial charge in [-0.15, -0.1) is 11.8 Å². The van der Waals surface area contributed by atoms with E-state index in [-0.39, 0.29) is 0 Å². The van der Waals surface area contributed by atoms with Gasteiger partial charge in [0.2, 0.25) is 0 Å². The average Bonchev–Trinajstić information content (AvgIpc) is 2.61. The lowest BCUT2D eigenvalue weighted by Crippen LogP contribution is -2.44. The molecule has 0 saturated carbocycles. The summed E-state index contributed by atoms with van der Waals surface area (Å²) in [6.45, 7) is 6.10. The van der Waals surface area contributed by atoms with Gasteiger partial charge in [-0.2, -0.15) is 5.10 Å². The maximum Gasteiger partial charge on any atom is 0.0542 e. The van der Waals surface area contributed by atoms with E-state index in [0.717, 1.165) is 31.7 Å². The summed E-state index contributed by atoms with van der Waals surface area (Å²) in [5.74, 6) is 0. The van der Waals surface area contributed by atoms with Gasteiger partial charge in [-0.1, -0.05) is 29.8 Å². The van der Waals surface area contributed by atoms with Gasteiger partial charge in [-0.3, -0.25) is 5.01 Å². The monoisotopic (exact) mass is 325 g/mol. The molecule has 0 unspecified atom stereocenters. The second-order valence-electron chi connectivity index (χ2n) is 5.79. The van der Waals surface area contributed by atoms with Crippen LogP contribution < -0.4 is 4.90 Å². The summed E-state index contributed by atoms with van der Waals surface area (Å²) in [6, 6.07) is 17.3. The molecule has 0 amide bonds. The highest BCUT2D eigenvalue weighted by Crippen LogP contribution is 2.17. The first kappa shape index (κ1) is 15.9. The quantitative estimate of drug-likeness (QED) is 0.628. The maximum absolute atomic E-state index is 4.63. The fraction of sp³-hybridized carbons (Fsp3) is 0.316. The van der Waals surface area contributed by atoms with E-state index in [9.17, 15) is 0 Å². The molecule has 120 valence electrons. The molecule has 2 aromatic carbocycles. The molecule has 3 nitrogen and oxygen atoms in total. The van der Waals surface area contributed by atoms with Crippen LogP contribution in [-0.2, 0) is 0 Å². The highest BCUT2D eigenvalue weighted by Gasteiger charge is 2.15. The third-order valence-electron chi connectivity index (χ3n) is 4.14. The van der Waals surface area contributed by atoms with Gasteiger partial charge < -0.3 is 4.90 Å². The van der Waals surface area contributed by atoms with Gasteiger partial charge in [-0.05, 0) is 43.0 Å². The Kier molecular flexibility index (Phi) is 5.23. The highest BCUT2D eigenvalue weighted by atomic mass is 32.2. The Morgan fingerprint density at radius 2 is 1.57 bits per heavy atom. The predicted octanol–water partition coefficient (Wildman–Crippen LogP) is 3.87. The lowest BCUT2D eigenvalue weighted by Gasteiger charge is -2.34. The van der Waals surface area contributed by atoms with Crippen molar-refractivity contribution in [3.8, 4) is 0 Å². The highest BCUT2D eigenvalue weighted by molar-refractivity contribution is 7.98. The van der Waals surface area contributed by atoms with Crippen molar-refractivity contribution >= 4 is 23.7 Å². The number of anilines is 1. The molecule has 1 heterocycles. The lowest BCUT2D eigenvalue weighted by molar-refractivity contribution is 0.272. The summed E-state index contributed by atoms with van der Waals surface area (Å²) < 4.78 is 0.